The minimum atomic E-state index is -3.34. The van der Waals surface area contributed by atoms with Crippen molar-refractivity contribution in [3.8, 4) is 5.75 Å². The molecule has 2 unspecified atom stereocenters. The number of rotatable bonds is 12. The predicted molar refractivity (Wildman–Crippen MR) is 201 cm³/mol. The van der Waals surface area contributed by atoms with Crippen molar-refractivity contribution >= 4 is 28.9 Å². The number of H-pyrrole nitrogens is 1. The van der Waals surface area contributed by atoms with Gasteiger partial charge in [0, 0.05) is 17.8 Å². The molecule has 3 aromatic rings. The summed E-state index contributed by atoms with van der Waals surface area (Å²) < 4.78 is 48.0. The molecule has 1 N–H and O–H groups in total. The second kappa shape index (κ2) is 16.3. The van der Waals surface area contributed by atoms with Crippen LogP contribution in [-0.4, -0.2) is 76.2 Å². The van der Waals surface area contributed by atoms with Crippen molar-refractivity contribution in [2.24, 2.45) is 0 Å². The Labute approximate surface area is 312 Å². The van der Waals surface area contributed by atoms with Crippen molar-refractivity contribution in [3.05, 3.63) is 98.8 Å². The van der Waals surface area contributed by atoms with E-state index < -0.39 is 71.3 Å². The Morgan fingerprint density at radius 2 is 1.36 bits per heavy atom. The molecule has 2 saturated heterocycles. The number of hydrogen-bond acceptors (Lipinski definition) is 11. The second-order valence-corrected chi connectivity index (χ2v) is 23.6. The Hall–Kier alpha value is -3.71. The monoisotopic (exact) mass is 768 g/mol. The number of nitrogens with zero attached hydrogens (tertiary/aromatic N) is 1. The van der Waals surface area contributed by atoms with Crippen LogP contribution >= 0.6 is 0 Å². The van der Waals surface area contributed by atoms with Crippen LogP contribution in [0.3, 0.4) is 0 Å². The molecule has 288 valence electrons. The summed E-state index contributed by atoms with van der Waals surface area (Å²) in [5.41, 5.74) is -1.11. The average Bonchev–Trinajstić information content (AvgIpc) is 3.43. The van der Waals surface area contributed by atoms with Crippen molar-refractivity contribution < 1.29 is 41.5 Å². The van der Waals surface area contributed by atoms with Crippen LogP contribution in [0.4, 0.5) is 0 Å². The highest BCUT2D eigenvalue weighted by molar-refractivity contribution is 6.84. The van der Waals surface area contributed by atoms with Gasteiger partial charge < -0.3 is 31.9 Å². The summed E-state index contributed by atoms with van der Waals surface area (Å²) in [5, 5.41) is 0. The standard InChI is InChI=1S/C38H52N2O11Si2/c1-22(2)52(23(3)4)49-32(31(42)27-16-12-11-13-17-27)33-34(50-53(51-52,24(5)6)25(7)8)35(36(48-33)40-21-20-30(41)39-38(40)44)47-26(9)46-29-19-15-14-18-28(29)37(43)45-10/h11-26,32-36H,1-10H3,(H,39,41,44)/t26?,32?,33-,34-,35-,36-/m1/s1. The molecular formula is C38H52N2O11Si2. The first-order chi connectivity index (χ1) is 25.1. The molecule has 2 fully saturated rings. The molecule has 2 aromatic carbocycles. The van der Waals surface area contributed by atoms with Gasteiger partial charge in [0.05, 0.1) is 7.11 Å². The second-order valence-electron chi connectivity index (χ2n) is 14.8. The molecule has 0 saturated carbocycles. The lowest BCUT2D eigenvalue weighted by molar-refractivity contribution is -0.157. The van der Waals surface area contributed by atoms with Crippen LogP contribution in [-0.2, 0) is 27.2 Å². The smallest absolute Gasteiger partial charge is 0.341 e. The summed E-state index contributed by atoms with van der Waals surface area (Å²) in [7, 11) is -5.40. The van der Waals surface area contributed by atoms with E-state index in [0.29, 0.717) is 5.56 Å². The Balaban J connectivity index is 1.71. The van der Waals surface area contributed by atoms with Gasteiger partial charge >= 0.3 is 28.8 Å². The number of aromatic nitrogens is 2. The van der Waals surface area contributed by atoms with E-state index in [1.807, 2.05) is 6.07 Å². The third-order valence-electron chi connectivity index (χ3n) is 10.1. The molecule has 15 heteroatoms. The zero-order valence-corrected chi connectivity index (χ0v) is 34.1. The summed E-state index contributed by atoms with van der Waals surface area (Å²) in [5.74, 6) is -0.721. The van der Waals surface area contributed by atoms with E-state index in [1.165, 1.54) is 23.9 Å². The first kappa shape index (κ1) is 40.5. The number of hydrogen-bond donors (Lipinski definition) is 1. The Kier molecular flexibility index (Phi) is 12.5. The van der Waals surface area contributed by atoms with Gasteiger partial charge in [0.1, 0.15) is 35.7 Å². The number of ketones is 1. The molecular weight excluding hydrogens is 717 g/mol. The zero-order chi connectivity index (χ0) is 38.8. The summed E-state index contributed by atoms with van der Waals surface area (Å²) in [6.45, 7) is 18.2. The summed E-state index contributed by atoms with van der Waals surface area (Å²) in [4.78, 5) is 55.3. The number of fused-ring (bicyclic) bond motifs is 1. The van der Waals surface area contributed by atoms with Gasteiger partial charge in [-0.05, 0) is 41.2 Å². The molecule has 2 aliphatic rings. The number of para-hydroxylation sites is 1. The molecule has 13 nitrogen and oxygen atoms in total. The molecule has 0 radical (unpaired) electrons. The molecule has 3 heterocycles. The summed E-state index contributed by atoms with van der Waals surface area (Å²) >= 11 is 0. The highest BCUT2D eigenvalue weighted by atomic mass is 28.5. The van der Waals surface area contributed by atoms with E-state index in [2.05, 4.69) is 60.4 Å². The van der Waals surface area contributed by atoms with E-state index in [9.17, 15) is 19.2 Å². The van der Waals surface area contributed by atoms with Crippen molar-refractivity contribution in [2.45, 2.75) is 121 Å². The van der Waals surface area contributed by atoms with Gasteiger partial charge in [0.15, 0.2) is 18.3 Å². The quantitative estimate of drug-likeness (QED) is 0.0965. The largest absolute Gasteiger partial charge is 0.465 e. The van der Waals surface area contributed by atoms with Gasteiger partial charge in [-0.1, -0.05) is 97.9 Å². The predicted octanol–water partition coefficient (Wildman–Crippen LogP) is 6.24. The van der Waals surface area contributed by atoms with Gasteiger partial charge in [-0.15, -0.1) is 0 Å². The number of Topliss-reactive ketones (excluding diaryl/α,β-unsaturated/α-hetero) is 1. The van der Waals surface area contributed by atoms with Gasteiger partial charge in [-0.2, -0.15) is 0 Å². The topological polar surface area (TPSA) is 154 Å². The molecule has 6 atom stereocenters. The molecule has 1 aromatic heterocycles. The third kappa shape index (κ3) is 7.92. The molecule has 0 amide bonds. The molecule has 0 bridgehead atoms. The van der Waals surface area contributed by atoms with Gasteiger partial charge in [0.2, 0.25) is 0 Å². The van der Waals surface area contributed by atoms with Crippen LogP contribution < -0.4 is 16.0 Å². The first-order valence-corrected chi connectivity index (χ1v) is 22.1. The van der Waals surface area contributed by atoms with Crippen molar-refractivity contribution in [1.29, 1.82) is 0 Å². The fourth-order valence-electron chi connectivity index (χ4n) is 7.41. The lowest BCUT2D eigenvalue weighted by Gasteiger charge is -2.53. The van der Waals surface area contributed by atoms with Gasteiger partial charge in [0.25, 0.3) is 5.56 Å². The molecule has 0 spiro atoms. The van der Waals surface area contributed by atoms with Crippen molar-refractivity contribution in [1.82, 2.24) is 9.55 Å². The SMILES string of the molecule is COC(=O)c1ccccc1OC(C)O[C@@H]1[C@@H]2O[Si](C(C)C)(C(C)C)O[Si](C(C)C)(C(C)C)OC(C(=O)c3ccccc3)[C@H]2O[C@H]1n1ccc(=O)[nH]c1=O. The summed E-state index contributed by atoms with van der Waals surface area (Å²) in [6.07, 6.45) is -5.41. The number of carbonyl (C=O) groups is 2. The number of ether oxygens (including phenoxy) is 4. The van der Waals surface area contributed by atoms with Crippen LogP contribution in [0.25, 0.3) is 0 Å². The van der Waals surface area contributed by atoms with E-state index in [4.69, 9.17) is 31.9 Å². The molecule has 2 aliphatic heterocycles. The van der Waals surface area contributed by atoms with E-state index in [1.54, 1.807) is 55.5 Å². The van der Waals surface area contributed by atoms with Crippen LogP contribution in [0.2, 0.25) is 22.2 Å². The minimum absolute atomic E-state index is 0.0893. The maximum Gasteiger partial charge on any atom is 0.341 e. The summed E-state index contributed by atoms with van der Waals surface area (Å²) in [6, 6.07) is 16.6. The number of esters is 1. The number of carbonyl (C=O) groups excluding carboxylic acids is 2. The lowest BCUT2D eigenvalue weighted by atomic mass is 9.98. The lowest BCUT2D eigenvalue weighted by Crippen LogP contribution is -2.68. The zero-order valence-electron chi connectivity index (χ0n) is 32.1. The molecule has 5 rings (SSSR count). The highest BCUT2D eigenvalue weighted by Crippen LogP contribution is 2.50. The van der Waals surface area contributed by atoms with Gasteiger partial charge in [-0.25, -0.2) is 9.59 Å². The number of methoxy groups -OCH3 is 1. The fourth-order valence-corrected chi connectivity index (χ4v) is 18.6. The van der Waals surface area contributed by atoms with Crippen LogP contribution in [0.1, 0.15) is 89.3 Å². The minimum Gasteiger partial charge on any atom is -0.465 e. The maximum absolute atomic E-state index is 14.7. The molecule has 0 aliphatic carbocycles. The third-order valence-corrected chi connectivity index (χ3v) is 20.3. The average molecular weight is 769 g/mol. The first-order valence-electron chi connectivity index (χ1n) is 18.2. The highest BCUT2D eigenvalue weighted by Gasteiger charge is 2.65. The fraction of sp³-hybridized carbons (Fsp3) is 0.526. The van der Waals surface area contributed by atoms with E-state index in [-0.39, 0.29) is 39.3 Å². The Morgan fingerprint density at radius 3 is 1.94 bits per heavy atom. The number of nitrogens with one attached hydrogen (secondary N) is 1. The van der Waals surface area contributed by atoms with Crippen LogP contribution in [0.5, 0.6) is 5.75 Å². The normalized spacial score (nSPS) is 24.5. The van der Waals surface area contributed by atoms with Crippen LogP contribution in [0.15, 0.2) is 76.4 Å². The molecule has 53 heavy (non-hydrogen) atoms. The van der Waals surface area contributed by atoms with E-state index in [0.717, 1.165) is 0 Å². The van der Waals surface area contributed by atoms with Crippen LogP contribution in [0, 0.1) is 0 Å². The van der Waals surface area contributed by atoms with Crippen molar-refractivity contribution in [3.63, 3.8) is 0 Å². The van der Waals surface area contributed by atoms with Crippen molar-refractivity contribution in [2.75, 3.05) is 7.11 Å². The Bertz CT molecular complexity index is 1850. The number of aromatic amines is 1. The van der Waals surface area contributed by atoms with E-state index >= 15 is 0 Å². The number of benzene rings is 2. The Morgan fingerprint density at radius 1 is 0.774 bits per heavy atom. The van der Waals surface area contributed by atoms with Gasteiger partial charge in [-0.3, -0.25) is 19.1 Å². The maximum atomic E-state index is 14.7.